The molecule has 1 N–H and O–H groups in total. The van der Waals surface area contributed by atoms with E-state index in [1.54, 1.807) is 7.11 Å². The van der Waals surface area contributed by atoms with Gasteiger partial charge in [0.25, 0.3) is 0 Å². The van der Waals surface area contributed by atoms with Crippen LogP contribution in [0.1, 0.15) is 29.9 Å². The fourth-order valence-electron chi connectivity index (χ4n) is 3.39. The molecule has 1 aromatic rings. The van der Waals surface area contributed by atoms with E-state index in [-0.39, 0.29) is 24.2 Å². The Morgan fingerprint density at radius 1 is 1.64 bits per heavy atom. The van der Waals surface area contributed by atoms with E-state index in [9.17, 15) is 4.79 Å². The summed E-state index contributed by atoms with van der Waals surface area (Å²) in [7, 11) is 3.73. The van der Waals surface area contributed by atoms with E-state index < -0.39 is 0 Å². The number of halogens is 1. The van der Waals surface area contributed by atoms with Gasteiger partial charge in [0, 0.05) is 28.9 Å². The first-order chi connectivity index (χ1) is 10.5. The maximum Gasteiger partial charge on any atom is 0.176 e. The van der Waals surface area contributed by atoms with Crippen molar-refractivity contribution in [3.63, 3.8) is 0 Å². The molecule has 5 nitrogen and oxygen atoms in total. The number of rotatable bonds is 4. The molecule has 0 saturated heterocycles. The van der Waals surface area contributed by atoms with Crippen LogP contribution in [0.15, 0.2) is 10.5 Å². The molecule has 0 aromatic heterocycles. The zero-order chi connectivity index (χ0) is 15.9. The molecule has 118 valence electrons. The van der Waals surface area contributed by atoms with Gasteiger partial charge in [-0.15, -0.1) is 0 Å². The van der Waals surface area contributed by atoms with Crippen molar-refractivity contribution in [2.24, 2.45) is 0 Å². The van der Waals surface area contributed by atoms with E-state index in [2.05, 4.69) is 27.9 Å². The van der Waals surface area contributed by atoms with Crippen molar-refractivity contribution in [1.29, 1.82) is 5.41 Å². The van der Waals surface area contributed by atoms with Crippen LogP contribution in [0.5, 0.6) is 11.5 Å². The fourth-order valence-corrected chi connectivity index (χ4v) is 3.94. The maximum absolute atomic E-state index is 11.7. The summed E-state index contributed by atoms with van der Waals surface area (Å²) in [6.07, 6.45) is 1.85. The SMILES string of the molecule is COc1cc(Br)c2c3c1OC(CC(=O)C=N)C3CCN(C)C2. The summed E-state index contributed by atoms with van der Waals surface area (Å²) in [5, 5.41) is 7.13. The van der Waals surface area contributed by atoms with Gasteiger partial charge in [-0.05, 0) is 31.6 Å². The second-order valence-corrected chi connectivity index (χ2v) is 6.74. The van der Waals surface area contributed by atoms with Crippen molar-refractivity contribution in [1.82, 2.24) is 4.90 Å². The summed E-state index contributed by atoms with van der Waals surface area (Å²) in [6, 6.07) is 1.94. The molecule has 1 aromatic carbocycles. The Morgan fingerprint density at radius 2 is 2.41 bits per heavy atom. The molecule has 2 unspecified atom stereocenters. The van der Waals surface area contributed by atoms with Gasteiger partial charge in [-0.3, -0.25) is 4.79 Å². The normalized spacial score (nSPS) is 23.4. The van der Waals surface area contributed by atoms with Crippen LogP contribution >= 0.6 is 15.9 Å². The lowest BCUT2D eigenvalue weighted by Crippen LogP contribution is -2.25. The molecule has 2 aliphatic heterocycles. The Morgan fingerprint density at radius 3 is 3.09 bits per heavy atom. The summed E-state index contributed by atoms with van der Waals surface area (Å²) in [6.45, 7) is 1.80. The third kappa shape index (κ3) is 2.54. The number of ether oxygens (including phenoxy) is 2. The van der Waals surface area contributed by atoms with E-state index in [1.807, 2.05) is 6.07 Å². The molecule has 0 radical (unpaired) electrons. The van der Waals surface area contributed by atoms with E-state index >= 15 is 0 Å². The Kier molecular flexibility index (Phi) is 4.23. The zero-order valence-corrected chi connectivity index (χ0v) is 14.3. The van der Waals surface area contributed by atoms with Crippen molar-refractivity contribution in [3.05, 3.63) is 21.7 Å². The first-order valence-corrected chi connectivity index (χ1v) is 8.12. The molecule has 3 rings (SSSR count). The van der Waals surface area contributed by atoms with Crippen LogP contribution in [0.2, 0.25) is 0 Å². The topological polar surface area (TPSA) is 62.6 Å². The van der Waals surface area contributed by atoms with Crippen LogP contribution in [0.25, 0.3) is 0 Å². The van der Waals surface area contributed by atoms with Gasteiger partial charge in [0.1, 0.15) is 6.10 Å². The Balaban J connectivity index is 2.08. The van der Waals surface area contributed by atoms with Crippen LogP contribution in [-0.4, -0.2) is 43.7 Å². The average Bonchev–Trinajstić information content (AvgIpc) is 2.75. The van der Waals surface area contributed by atoms with Gasteiger partial charge in [0.15, 0.2) is 17.3 Å². The Labute approximate surface area is 138 Å². The standard InChI is InChI=1S/C16H19BrN2O3/c1-19-4-3-10-13(5-9(20)7-18)22-16-14(21-2)6-12(17)11(8-19)15(10)16/h6-7,10,13,18H,3-5,8H2,1-2H3. The van der Waals surface area contributed by atoms with Gasteiger partial charge in [-0.1, -0.05) is 15.9 Å². The van der Waals surface area contributed by atoms with Crippen LogP contribution in [0, 0.1) is 5.41 Å². The van der Waals surface area contributed by atoms with Crippen molar-refractivity contribution in [2.45, 2.75) is 31.4 Å². The first kappa shape index (κ1) is 15.5. The molecule has 0 saturated carbocycles. The predicted octanol–water partition coefficient (Wildman–Crippen LogP) is 2.75. The molecule has 6 heteroatoms. The molecule has 0 amide bonds. The third-order valence-corrected chi connectivity index (χ3v) is 5.17. The van der Waals surface area contributed by atoms with E-state index in [0.717, 1.165) is 35.9 Å². The fraction of sp³-hybridized carbons (Fsp3) is 0.500. The second kappa shape index (κ2) is 6.01. The summed E-state index contributed by atoms with van der Waals surface area (Å²) in [4.78, 5) is 14.0. The van der Waals surface area contributed by atoms with Gasteiger partial charge in [-0.2, -0.15) is 0 Å². The number of methoxy groups -OCH3 is 1. The highest BCUT2D eigenvalue weighted by atomic mass is 79.9. The highest BCUT2D eigenvalue weighted by Gasteiger charge is 2.41. The lowest BCUT2D eigenvalue weighted by atomic mass is 9.88. The van der Waals surface area contributed by atoms with Gasteiger partial charge in [0.2, 0.25) is 0 Å². The molecule has 0 spiro atoms. The van der Waals surface area contributed by atoms with Crippen molar-refractivity contribution >= 4 is 27.9 Å². The lowest BCUT2D eigenvalue weighted by molar-refractivity contribution is -0.114. The van der Waals surface area contributed by atoms with Crippen molar-refractivity contribution < 1.29 is 14.3 Å². The number of ketones is 1. The summed E-state index contributed by atoms with van der Waals surface area (Å²) in [5.41, 5.74) is 2.38. The molecule has 2 atom stereocenters. The molecule has 2 aliphatic rings. The predicted molar refractivity (Wildman–Crippen MR) is 87.2 cm³/mol. The molecule has 22 heavy (non-hydrogen) atoms. The van der Waals surface area contributed by atoms with Crippen molar-refractivity contribution in [2.75, 3.05) is 20.7 Å². The van der Waals surface area contributed by atoms with Crippen molar-refractivity contribution in [3.8, 4) is 11.5 Å². The Hall–Kier alpha value is -1.40. The number of benzene rings is 1. The minimum Gasteiger partial charge on any atom is -0.493 e. The monoisotopic (exact) mass is 366 g/mol. The summed E-state index contributed by atoms with van der Waals surface area (Å²) >= 11 is 3.64. The van der Waals surface area contributed by atoms with Crippen LogP contribution in [0.4, 0.5) is 0 Å². The number of carbonyl (C=O) groups excluding carboxylic acids is 1. The number of nitrogens with one attached hydrogen (secondary N) is 1. The molecule has 0 bridgehead atoms. The van der Waals surface area contributed by atoms with Gasteiger partial charge in [-0.25, -0.2) is 0 Å². The van der Waals surface area contributed by atoms with E-state index in [0.29, 0.717) is 5.75 Å². The van der Waals surface area contributed by atoms with Gasteiger partial charge in [0.05, 0.1) is 13.3 Å². The lowest BCUT2D eigenvalue weighted by Gasteiger charge is -2.19. The van der Waals surface area contributed by atoms with Gasteiger partial charge >= 0.3 is 0 Å². The minimum atomic E-state index is -0.211. The molecular formula is C16H19BrN2O3. The zero-order valence-electron chi connectivity index (χ0n) is 12.7. The second-order valence-electron chi connectivity index (χ2n) is 5.89. The molecule has 0 aliphatic carbocycles. The van der Waals surface area contributed by atoms with E-state index in [4.69, 9.17) is 14.9 Å². The molecule has 0 fully saturated rings. The summed E-state index contributed by atoms with van der Waals surface area (Å²) in [5.74, 6) is 1.44. The van der Waals surface area contributed by atoms with E-state index in [1.165, 1.54) is 11.1 Å². The average molecular weight is 367 g/mol. The number of Topliss-reactive ketones (excluding diaryl/α,β-unsaturated/α-hetero) is 1. The maximum atomic E-state index is 11.7. The van der Waals surface area contributed by atoms with Crippen LogP contribution < -0.4 is 9.47 Å². The first-order valence-electron chi connectivity index (χ1n) is 7.33. The quantitative estimate of drug-likeness (QED) is 0.832. The number of hydrogen-bond acceptors (Lipinski definition) is 5. The molecule has 2 heterocycles. The highest BCUT2D eigenvalue weighted by molar-refractivity contribution is 9.10. The largest absolute Gasteiger partial charge is 0.493 e. The highest BCUT2D eigenvalue weighted by Crippen LogP contribution is 2.51. The molecular weight excluding hydrogens is 348 g/mol. The van der Waals surface area contributed by atoms with Gasteiger partial charge < -0.3 is 19.8 Å². The minimum absolute atomic E-state index is 0.172. The van der Waals surface area contributed by atoms with Crippen LogP contribution in [0.3, 0.4) is 0 Å². The number of hydrogen-bond donors (Lipinski definition) is 1. The Bertz CT molecular complexity index is 632. The summed E-state index contributed by atoms with van der Waals surface area (Å²) < 4.78 is 12.6. The smallest absolute Gasteiger partial charge is 0.176 e. The number of nitrogens with zero attached hydrogens (tertiary/aromatic N) is 1. The van der Waals surface area contributed by atoms with Crippen LogP contribution in [-0.2, 0) is 11.3 Å². The number of carbonyl (C=O) groups is 1. The third-order valence-electron chi connectivity index (χ3n) is 4.46.